The molecule has 0 radical (unpaired) electrons. The van der Waals surface area contributed by atoms with Crippen LogP contribution in [0.5, 0.6) is 0 Å². The van der Waals surface area contributed by atoms with Gasteiger partial charge in [0.2, 0.25) is 5.91 Å². The molecule has 4 heteroatoms. The van der Waals surface area contributed by atoms with E-state index in [4.69, 9.17) is 0 Å². The van der Waals surface area contributed by atoms with Gasteiger partial charge in [-0.15, -0.1) is 0 Å². The fraction of sp³-hybridized carbons (Fsp3) is 0.176. The van der Waals surface area contributed by atoms with Gasteiger partial charge in [-0.1, -0.05) is 42.5 Å². The average Bonchev–Trinajstić information content (AvgIpc) is 2.77. The largest absolute Gasteiger partial charge is 0.330 e. The van der Waals surface area contributed by atoms with Gasteiger partial charge in [-0.2, -0.15) is 0 Å². The van der Waals surface area contributed by atoms with E-state index in [9.17, 15) is 9.59 Å². The molecule has 2 aromatic rings. The average molecular weight is 280 g/mol. The fourth-order valence-corrected chi connectivity index (χ4v) is 2.65. The molecule has 0 aliphatic carbocycles. The number of rotatable bonds is 3. The molecular formula is C17H16N2O2. The van der Waals surface area contributed by atoms with E-state index in [2.05, 4.69) is 5.32 Å². The third-order valence-electron chi connectivity index (χ3n) is 3.54. The molecule has 106 valence electrons. The Morgan fingerprint density at radius 3 is 2.62 bits per heavy atom. The molecule has 1 aliphatic rings. The van der Waals surface area contributed by atoms with Crippen molar-refractivity contribution >= 4 is 17.5 Å². The van der Waals surface area contributed by atoms with Crippen molar-refractivity contribution in [2.75, 3.05) is 5.32 Å². The summed E-state index contributed by atoms with van der Waals surface area (Å²) in [5, 5.41) is 2.73. The smallest absolute Gasteiger partial charge is 0.256 e. The van der Waals surface area contributed by atoms with Gasteiger partial charge in [0.05, 0.1) is 11.3 Å². The second-order valence-electron chi connectivity index (χ2n) is 5.17. The van der Waals surface area contributed by atoms with E-state index >= 15 is 0 Å². The maximum absolute atomic E-state index is 12.6. The van der Waals surface area contributed by atoms with Gasteiger partial charge in [-0.25, -0.2) is 0 Å². The minimum absolute atomic E-state index is 0.0294. The number of carbonyl (C=O) groups is 2. The van der Waals surface area contributed by atoms with E-state index in [1.807, 2.05) is 42.5 Å². The van der Waals surface area contributed by atoms with Crippen LogP contribution in [-0.4, -0.2) is 16.7 Å². The van der Waals surface area contributed by atoms with Crippen molar-refractivity contribution < 1.29 is 9.59 Å². The maximum atomic E-state index is 12.6. The maximum Gasteiger partial charge on any atom is 0.256 e. The Hall–Kier alpha value is -2.62. The van der Waals surface area contributed by atoms with Crippen molar-refractivity contribution in [3.05, 3.63) is 65.2 Å². The highest BCUT2D eigenvalue weighted by atomic mass is 16.2. The molecule has 0 fully saturated rings. The Balaban J connectivity index is 1.87. The summed E-state index contributed by atoms with van der Waals surface area (Å²) in [6.45, 7) is 2.60. The molecule has 0 spiro atoms. The van der Waals surface area contributed by atoms with E-state index in [1.54, 1.807) is 11.0 Å². The van der Waals surface area contributed by atoms with Crippen LogP contribution in [0.1, 0.15) is 28.4 Å². The van der Waals surface area contributed by atoms with Gasteiger partial charge in [0.15, 0.2) is 0 Å². The van der Waals surface area contributed by atoms with Crippen LogP contribution in [0.4, 0.5) is 5.69 Å². The molecule has 0 atom stereocenters. The lowest BCUT2D eigenvalue weighted by atomic mass is 10.1. The Labute approximate surface area is 123 Å². The van der Waals surface area contributed by atoms with Crippen LogP contribution < -0.4 is 5.32 Å². The molecule has 0 saturated carbocycles. The summed E-state index contributed by atoms with van der Waals surface area (Å²) in [5.74, 6) is -0.198. The normalized spacial score (nSPS) is 13.2. The molecule has 0 unspecified atom stereocenters. The highest BCUT2D eigenvalue weighted by molar-refractivity contribution is 6.06. The molecule has 1 aliphatic heterocycles. The van der Waals surface area contributed by atoms with Crippen molar-refractivity contribution in [1.82, 2.24) is 4.90 Å². The van der Waals surface area contributed by atoms with E-state index in [0.29, 0.717) is 24.3 Å². The van der Waals surface area contributed by atoms with Crippen molar-refractivity contribution in [1.29, 1.82) is 0 Å². The quantitative estimate of drug-likeness (QED) is 0.940. The first-order valence-electron chi connectivity index (χ1n) is 6.88. The van der Waals surface area contributed by atoms with E-state index in [-0.39, 0.29) is 11.8 Å². The molecule has 1 N–H and O–H groups in total. The predicted octanol–water partition coefficient (Wildman–Crippen LogP) is 2.80. The first-order valence-corrected chi connectivity index (χ1v) is 6.88. The topological polar surface area (TPSA) is 49.4 Å². The molecule has 4 nitrogen and oxygen atoms in total. The molecule has 21 heavy (non-hydrogen) atoms. The van der Waals surface area contributed by atoms with Crippen molar-refractivity contribution in [2.24, 2.45) is 0 Å². The van der Waals surface area contributed by atoms with Crippen LogP contribution in [0.25, 0.3) is 0 Å². The second-order valence-corrected chi connectivity index (χ2v) is 5.17. The Morgan fingerprint density at radius 1 is 1.14 bits per heavy atom. The molecule has 0 aromatic heterocycles. The van der Waals surface area contributed by atoms with Gasteiger partial charge in [-0.05, 0) is 17.2 Å². The summed E-state index contributed by atoms with van der Waals surface area (Å²) in [7, 11) is 0. The third kappa shape index (κ3) is 2.65. The lowest BCUT2D eigenvalue weighted by Gasteiger charge is -2.15. The first kappa shape index (κ1) is 13.4. The number of anilines is 1. The molecule has 1 heterocycles. The standard InChI is InChI=1S/C17H16N2O2/c1-12(20)18-15-9-5-8-14-11-19(17(21)16(14)15)10-13-6-3-2-4-7-13/h2-9H,10-11H2,1H3,(H,18,20). The van der Waals surface area contributed by atoms with Crippen LogP contribution in [0.3, 0.4) is 0 Å². The monoisotopic (exact) mass is 280 g/mol. The molecule has 2 aromatic carbocycles. The number of amides is 2. The summed E-state index contributed by atoms with van der Waals surface area (Å²) >= 11 is 0. The zero-order chi connectivity index (χ0) is 14.8. The third-order valence-corrected chi connectivity index (χ3v) is 3.54. The van der Waals surface area contributed by atoms with Crippen LogP contribution in [0.15, 0.2) is 48.5 Å². The number of nitrogens with one attached hydrogen (secondary N) is 1. The van der Waals surface area contributed by atoms with E-state index in [1.165, 1.54) is 6.92 Å². The Morgan fingerprint density at radius 2 is 1.90 bits per heavy atom. The second kappa shape index (κ2) is 5.40. The van der Waals surface area contributed by atoms with Gasteiger partial charge < -0.3 is 10.2 Å². The summed E-state index contributed by atoms with van der Waals surface area (Å²) in [6, 6.07) is 15.5. The Kier molecular flexibility index (Phi) is 3.44. The zero-order valence-corrected chi connectivity index (χ0v) is 11.8. The fourth-order valence-electron chi connectivity index (χ4n) is 2.65. The summed E-state index contributed by atoms with van der Waals surface area (Å²) in [4.78, 5) is 25.6. The first-order chi connectivity index (χ1) is 10.1. The lowest BCUT2D eigenvalue weighted by molar-refractivity contribution is -0.114. The molecule has 0 saturated heterocycles. The molecule has 3 rings (SSSR count). The molecular weight excluding hydrogens is 264 g/mol. The highest BCUT2D eigenvalue weighted by Gasteiger charge is 2.29. The predicted molar refractivity (Wildman–Crippen MR) is 80.8 cm³/mol. The Bertz CT molecular complexity index is 695. The number of fused-ring (bicyclic) bond motifs is 1. The summed E-state index contributed by atoms with van der Waals surface area (Å²) < 4.78 is 0. The number of benzene rings is 2. The number of hydrogen-bond acceptors (Lipinski definition) is 2. The zero-order valence-electron chi connectivity index (χ0n) is 11.8. The van der Waals surface area contributed by atoms with E-state index < -0.39 is 0 Å². The van der Waals surface area contributed by atoms with Crippen LogP contribution in [0.2, 0.25) is 0 Å². The molecule has 0 bridgehead atoms. The van der Waals surface area contributed by atoms with Gasteiger partial charge in [0.1, 0.15) is 0 Å². The number of hydrogen-bond donors (Lipinski definition) is 1. The van der Waals surface area contributed by atoms with Gasteiger partial charge in [-0.3, -0.25) is 9.59 Å². The van der Waals surface area contributed by atoms with Crippen LogP contribution in [-0.2, 0) is 17.9 Å². The van der Waals surface area contributed by atoms with Crippen LogP contribution in [0, 0.1) is 0 Å². The van der Waals surface area contributed by atoms with Crippen molar-refractivity contribution in [3.63, 3.8) is 0 Å². The number of nitrogens with zero attached hydrogens (tertiary/aromatic N) is 1. The minimum Gasteiger partial charge on any atom is -0.330 e. The minimum atomic E-state index is -0.169. The van der Waals surface area contributed by atoms with Gasteiger partial charge in [0, 0.05) is 20.0 Å². The summed E-state index contributed by atoms with van der Waals surface area (Å²) in [6.07, 6.45) is 0. The summed E-state index contributed by atoms with van der Waals surface area (Å²) in [5.41, 5.74) is 3.27. The van der Waals surface area contributed by atoms with Gasteiger partial charge in [0.25, 0.3) is 5.91 Å². The van der Waals surface area contributed by atoms with Crippen LogP contribution >= 0.6 is 0 Å². The molecule has 2 amide bonds. The highest BCUT2D eigenvalue weighted by Crippen LogP contribution is 2.30. The van der Waals surface area contributed by atoms with Crippen molar-refractivity contribution in [3.8, 4) is 0 Å². The van der Waals surface area contributed by atoms with Crippen molar-refractivity contribution in [2.45, 2.75) is 20.0 Å². The SMILES string of the molecule is CC(=O)Nc1cccc2c1C(=O)N(Cc1ccccc1)C2. The number of carbonyl (C=O) groups excluding carboxylic acids is 2. The lowest BCUT2D eigenvalue weighted by Crippen LogP contribution is -2.23. The van der Waals surface area contributed by atoms with Gasteiger partial charge >= 0.3 is 0 Å². The van der Waals surface area contributed by atoms with E-state index in [0.717, 1.165) is 11.1 Å².